The van der Waals surface area contributed by atoms with Crippen molar-refractivity contribution in [2.75, 3.05) is 26.4 Å². The van der Waals surface area contributed by atoms with Crippen molar-refractivity contribution in [2.45, 2.75) is 0 Å². The van der Waals surface area contributed by atoms with Crippen molar-refractivity contribution in [3.63, 3.8) is 0 Å². The van der Waals surface area contributed by atoms with Gasteiger partial charge in [-0.15, -0.1) is 0 Å². The number of ether oxygens (including phenoxy) is 2. The molecule has 0 heterocycles. The number of aliphatic hydroxyl groups is 1. The van der Waals surface area contributed by atoms with Crippen molar-refractivity contribution in [3.05, 3.63) is 37.1 Å². The molecule has 74 valence electrons. The van der Waals surface area contributed by atoms with Crippen LogP contribution in [0.25, 0.3) is 0 Å². The summed E-state index contributed by atoms with van der Waals surface area (Å²) in [5.41, 5.74) is 0.835. The molecule has 0 rings (SSSR count). The number of rotatable bonds is 8. The van der Waals surface area contributed by atoms with Crippen LogP contribution in [0.3, 0.4) is 0 Å². The Kier molecular flexibility index (Phi) is 8.30. The van der Waals surface area contributed by atoms with Crippen LogP contribution in [-0.2, 0) is 9.47 Å². The summed E-state index contributed by atoms with van der Waals surface area (Å²) in [6, 6.07) is 0. The molecule has 13 heavy (non-hydrogen) atoms. The van der Waals surface area contributed by atoms with Gasteiger partial charge in [-0.2, -0.15) is 0 Å². The second kappa shape index (κ2) is 9.03. The number of aliphatic hydroxyl groups excluding tert-OH is 1. The van der Waals surface area contributed by atoms with Gasteiger partial charge in [0.1, 0.15) is 6.61 Å². The third kappa shape index (κ3) is 7.31. The molecule has 1 N–H and O–H groups in total. The highest BCUT2D eigenvalue weighted by atomic mass is 16.5. The molecule has 0 aliphatic rings. The summed E-state index contributed by atoms with van der Waals surface area (Å²) < 4.78 is 10.1. The van der Waals surface area contributed by atoms with E-state index < -0.39 is 0 Å². The molecule has 0 spiro atoms. The quantitative estimate of drug-likeness (QED) is 0.351. The molecule has 0 atom stereocenters. The molecule has 3 heteroatoms. The van der Waals surface area contributed by atoms with Gasteiger partial charge in [0.25, 0.3) is 0 Å². The topological polar surface area (TPSA) is 38.7 Å². The van der Waals surface area contributed by atoms with Crippen molar-refractivity contribution in [1.29, 1.82) is 0 Å². The Labute approximate surface area is 79.0 Å². The normalized spacial score (nSPS) is 9.00. The van der Waals surface area contributed by atoms with Crippen molar-refractivity contribution >= 4 is 0 Å². The van der Waals surface area contributed by atoms with E-state index in [-0.39, 0.29) is 6.61 Å². The monoisotopic (exact) mass is 184 g/mol. The molecule has 0 amide bonds. The van der Waals surface area contributed by atoms with Crippen LogP contribution in [0.4, 0.5) is 0 Å². The van der Waals surface area contributed by atoms with Gasteiger partial charge in [-0.1, -0.05) is 25.3 Å². The maximum atomic E-state index is 8.38. The molecule has 0 radical (unpaired) electrons. The van der Waals surface area contributed by atoms with E-state index in [2.05, 4.69) is 13.2 Å². The molecule has 0 bridgehead atoms. The van der Waals surface area contributed by atoms with Crippen molar-refractivity contribution in [2.24, 2.45) is 0 Å². The second-order valence-electron chi connectivity index (χ2n) is 2.23. The predicted octanol–water partition coefficient (Wildman–Crippen LogP) is 1.27. The Hall–Kier alpha value is -1.06. The van der Waals surface area contributed by atoms with Crippen LogP contribution in [0.15, 0.2) is 37.1 Å². The zero-order chi connectivity index (χ0) is 9.94. The van der Waals surface area contributed by atoms with Crippen LogP contribution >= 0.6 is 0 Å². The summed E-state index contributed by atoms with van der Waals surface area (Å²) >= 11 is 0. The predicted molar refractivity (Wildman–Crippen MR) is 52.3 cm³/mol. The number of allylic oxidation sites excluding steroid dienone is 3. The minimum Gasteiger partial charge on any atom is -0.498 e. The van der Waals surface area contributed by atoms with E-state index in [1.807, 2.05) is 0 Å². The van der Waals surface area contributed by atoms with Gasteiger partial charge in [0, 0.05) is 5.57 Å². The molecule has 0 aromatic carbocycles. The fraction of sp³-hybridized carbons (Fsp3) is 0.400. The fourth-order valence-electron chi connectivity index (χ4n) is 0.608. The molecular formula is C10H16O3. The van der Waals surface area contributed by atoms with Gasteiger partial charge >= 0.3 is 0 Å². The van der Waals surface area contributed by atoms with Crippen LogP contribution in [-0.4, -0.2) is 31.5 Å². The zero-order valence-corrected chi connectivity index (χ0v) is 7.74. The largest absolute Gasteiger partial charge is 0.498 e. The Morgan fingerprint density at radius 1 is 1.15 bits per heavy atom. The average molecular weight is 184 g/mol. The van der Waals surface area contributed by atoms with Crippen molar-refractivity contribution in [1.82, 2.24) is 0 Å². The third-order valence-electron chi connectivity index (χ3n) is 1.27. The third-order valence-corrected chi connectivity index (χ3v) is 1.27. The summed E-state index contributed by atoms with van der Waals surface area (Å²) in [4.78, 5) is 0. The lowest BCUT2D eigenvalue weighted by molar-refractivity contribution is 0.0599. The van der Waals surface area contributed by atoms with Gasteiger partial charge < -0.3 is 14.6 Å². The Balaban J connectivity index is 3.37. The highest BCUT2D eigenvalue weighted by Gasteiger charge is 1.87. The van der Waals surface area contributed by atoms with E-state index >= 15 is 0 Å². The standard InChI is InChI=1S/C10H16O3/c1-3-10(4-2)9-13-8-7-12-6-5-11/h3-4,9,11H,1-2,5-8H2. The first-order chi connectivity index (χ1) is 6.35. The van der Waals surface area contributed by atoms with Gasteiger partial charge in [-0.3, -0.25) is 0 Å². The van der Waals surface area contributed by atoms with E-state index in [0.29, 0.717) is 19.8 Å². The van der Waals surface area contributed by atoms with Crippen molar-refractivity contribution in [3.8, 4) is 0 Å². The molecular weight excluding hydrogens is 168 g/mol. The minimum atomic E-state index is 0.0421. The lowest BCUT2D eigenvalue weighted by Gasteiger charge is -2.02. The lowest BCUT2D eigenvalue weighted by Crippen LogP contribution is -2.05. The lowest BCUT2D eigenvalue weighted by atomic mass is 10.3. The Bertz CT molecular complexity index is 163. The molecule has 0 unspecified atom stereocenters. The molecule has 0 saturated carbocycles. The van der Waals surface area contributed by atoms with Gasteiger partial charge in [0.05, 0.1) is 26.1 Å². The molecule has 0 aromatic rings. The van der Waals surface area contributed by atoms with Crippen molar-refractivity contribution < 1.29 is 14.6 Å². The molecule has 0 saturated heterocycles. The average Bonchev–Trinajstić information content (AvgIpc) is 2.17. The number of hydrogen-bond acceptors (Lipinski definition) is 3. The SMILES string of the molecule is C=CC(C=C)=COCCOCCO. The van der Waals surface area contributed by atoms with E-state index in [0.717, 1.165) is 5.57 Å². The van der Waals surface area contributed by atoms with Crippen LogP contribution in [0, 0.1) is 0 Å². The van der Waals surface area contributed by atoms with Gasteiger partial charge in [-0.25, -0.2) is 0 Å². The minimum absolute atomic E-state index is 0.0421. The van der Waals surface area contributed by atoms with E-state index in [1.54, 1.807) is 18.4 Å². The highest BCUT2D eigenvalue weighted by molar-refractivity contribution is 5.25. The molecule has 0 aromatic heterocycles. The summed E-state index contributed by atoms with van der Waals surface area (Å²) in [5, 5.41) is 8.38. The first-order valence-electron chi connectivity index (χ1n) is 4.10. The molecule has 0 aliphatic heterocycles. The van der Waals surface area contributed by atoms with Gasteiger partial charge in [0.15, 0.2) is 0 Å². The van der Waals surface area contributed by atoms with Crippen LogP contribution < -0.4 is 0 Å². The molecule has 0 aliphatic carbocycles. The Morgan fingerprint density at radius 2 is 1.85 bits per heavy atom. The maximum Gasteiger partial charge on any atom is 0.111 e. The highest BCUT2D eigenvalue weighted by Crippen LogP contribution is 1.96. The fourth-order valence-corrected chi connectivity index (χ4v) is 0.608. The Morgan fingerprint density at radius 3 is 2.38 bits per heavy atom. The van der Waals surface area contributed by atoms with Crippen LogP contribution in [0.2, 0.25) is 0 Å². The van der Waals surface area contributed by atoms with E-state index in [1.165, 1.54) is 0 Å². The summed E-state index contributed by atoms with van der Waals surface area (Å²) in [5.74, 6) is 0. The number of hydrogen-bond donors (Lipinski definition) is 1. The molecule has 3 nitrogen and oxygen atoms in total. The zero-order valence-electron chi connectivity index (χ0n) is 7.74. The first-order valence-corrected chi connectivity index (χ1v) is 4.10. The summed E-state index contributed by atoms with van der Waals surface area (Å²) in [7, 11) is 0. The van der Waals surface area contributed by atoms with Gasteiger partial charge in [0.2, 0.25) is 0 Å². The smallest absolute Gasteiger partial charge is 0.111 e. The maximum absolute atomic E-state index is 8.38. The van der Waals surface area contributed by atoms with Crippen LogP contribution in [0.5, 0.6) is 0 Å². The summed E-state index contributed by atoms with van der Waals surface area (Å²) in [6.45, 7) is 8.48. The van der Waals surface area contributed by atoms with E-state index in [9.17, 15) is 0 Å². The van der Waals surface area contributed by atoms with E-state index in [4.69, 9.17) is 14.6 Å². The second-order valence-corrected chi connectivity index (χ2v) is 2.23. The van der Waals surface area contributed by atoms with Gasteiger partial charge in [-0.05, 0) is 0 Å². The molecule has 0 fully saturated rings. The first kappa shape index (κ1) is 11.9. The van der Waals surface area contributed by atoms with Crippen LogP contribution in [0.1, 0.15) is 0 Å². The summed E-state index contributed by atoms with van der Waals surface area (Å²) in [6.07, 6.45) is 4.88.